The summed E-state index contributed by atoms with van der Waals surface area (Å²) < 4.78 is 5.77. The Hall–Kier alpha value is -0.120. The molecule has 0 saturated carbocycles. The van der Waals surface area contributed by atoms with Gasteiger partial charge in [-0.3, -0.25) is 0 Å². The van der Waals surface area contributed by atoms with Crippen LogP contribution in [-0.4, -0.2) is 48.5 Å². The van der Waals surface area contributed by atoms with Gasteiger partial charge in [-0.1, -0.05) is 0 Å². The van der Waals surface area contributed by atoms with Gasteiger partial charge in [0.15, 0.2) is 0 Å². The van der Waals surface area contributed by atoms with E-state index in [1.165, 1.54) is 0 Å². The number of hydrogen-bond donors (Lipinski definition) is 1. The van der Waals surface area contributed by atoms with Crippen molar-refractivity contribution in [2.75, 3.05) is 27.3 Å². The van der Waals surface area contributed by atoms with Gasteiger partial charge in [0.1, 0.15) is 0 Å². The molecule has 0 saturated heterocycles. The predicted molar refractivity (Wildman–Crippen MR) is 64.1 cm³/mol. The van der Waals surface area contributed by atoms with Gasteiger partial charge in [0.05, 0.1) is 5.60 Å². The Labute approximate surface area is 94.4 Å². The molecule has 0 spiro atoms. The van der Waals surface area contributed by atoms with Crippen molar-refractivity contribution in [3.63, 3.8) is 0 Å². The molecule has 0 aromatic heterocycles. The average molecular weight is 217 g/mol. The van der Waals surface area contributed by atoms with Crippen molar-refractivity contribution in [2.45, 2.75) is 51.7 Å². The molecule has 0 heterocycles. The summed E-state index contributed by atoms with van der Waals surface area (Å²) in [5, 5.41) is 8.86. The maximum atomic E-state index is 8.86. The minimum absolute atomic E-state index is 0.162. The molecule has 0 bridgehead atoms. The van der Waals surface area contributed by atoms with Crippen LogP contribution in [0.15, 0.2) is 0 Å². The van der Waals surface area contributed by atoms with Gasteiger partial charge in [-0.05, 0) is 54.6 Å². The van der Waals surface area contributed by atoms with E-state index >= 15 is 0 Å². The Morgan fingerprint density at radius 2 is 1.60 bits per heavy atom. The first-order valence-electron chi connectivity index (χ1n) is 5.63. The largest absolute Gasteiger partial charge is 0.396 e. The minimum atomic E-state index is -0.211. The summed E-state index contributed by atoms with van der Waals surface area (Å²) in [6.07, 6.45) is 1.68. The van der Waals surface area contributed by atoms with Crippen LogP contribution in [-0.2, 0) is 4.74 Å². The number of rotatable bonds is 7. The van der Waals surface area contributed by atoms with Crippen molar-refractivity contribution in [2.24, 2.45) is 0 Å². The molecule has 0 aliphatic heterocycles. The Morgan fingerprint density at radius 1 is 1.07 bits per heavy atom. The van der Waals surface area contributed by atoms with E-state index < -0.39 is 0 Å². The van der Waals surface area contributed by atoms with E-state index in [1.54, 1.807) is 0 Å². The molecule has 0 radical (unpaired) electrons. The standard InChI is InChI=1S/C12H27NO2/c1-11(2,13(5)6)8-10-15-12(3,4)7-9-14/h14H,7-10H2,1-6H3. The van der Waals surface area contributed by atoms with Gasteiger partial charge in [0.25, 0.3) is 0 Å². The van der Waals surface area contributed by atoms with E-state index in [9.17, 15) is 0 Å². The van der Waals surface area contributed by atoms with Crippen LogP contribution in [0.1, 0.15) is 40.5 Å². The van der Waals surface area contributed by atoms with Crippen LogP contribution in [0, 0.1) is 0 Å². The van der Waals surface area contributed by atoms with E-state index in [4.69, 9.17) is 9.84 Å². The summed E-state index contributed by atoms with van der Waals surface area (Å²) in [7, 11) is 4.16. The highest BCUT2D eigenvalue weighted by atomic mass is 16.5. The second-order valence-electron chi connectivity index (χ2n) is 5.54. The smallest absolute Gasteiger partial charge is 0.0648 e. The Kier molecular flexibility index (Phi) is 5.78. The van der Waals surface area contributed by atoms with Gasteiger partial charge >= 0.3 is 0 Å². The van der Waals surface area contributed by atoms with Crippen LogP contribution < -0.4 is 0 Å². The van der Waals surface area contributed by atoms with Crippen molar-refractivity contribution < 1.29 is 9.84 Å². The van der Waals surface area contributed by atoms with E-state index in [-0.39, 0.29) is 17.7 Å². The molecule has 1 N–H and O–H groups in total. The first-order chi connectivity index (χ1) is 6.71. The number of ether oxygens (including phenoxy) is 1. The van der Waals surface area contributed by atoms with Crippen molar-refractivity contribution in [3.05, 3.63) is 0 Å². The van der Waals surface area contributed by atoms with Gasteiger partial charge in [-0.15, -0.1) is 0 Å². The van der Waals surface area contributed by atoms with Gasteiger partial charge < -0.3 is 14.7 Å². The fraction of sp³-hybridized carbons (Fsp3) is 1.00. The normalized spacial score (nSPS) is 13.6. The lowest BCUT2D eigenvalue weighted by Crippen LogP contribution is -2.40. The molecule has 0 amide bonds. The van der Waals surface area contributed by atoms with Gasteiger partial charge in [-0.25, -0.2) is 0 Å². The molecule has 0 aromatic carbocycles. The summed E-state index contributed by atoms with van der Waals surface area (Å²) >= 11 is 0. The molecule has 0 fully saturated rings. The van der Waals surface area contributed by atoms with Crippen molar-refractivity contribution in [1.29, 1.82) is 0 Å². The highest BCUT2D eigenvalue weighted by Crippen LogP contribution is 2.19. The average Bonchev–Trinajstić information content (AvgIpc) is 2.02. The van der Waals surface area contributed by atoms with Crippen LogP contribution in [0.4, 0.5) is 0 Å². The first-order valence-corrected chi connectivity index (χ1v) is 5.63. The SMILES string of the molecule is CN(C)C(C)(C)CCOC(C)(C)CCO. The Morgan fingerprint density at radius 3 is 2.00 bits per heavy atom. The summed E-state index contributed by atoms with van der Waals surface area (Å²) in [5.41, 5.74) is -0.0492. The minimum Gasteiger partial charge on any atom is -0.396 e. The fourth-order valence-corrected chi connectivity index (χ4v) is 1.14. The third kappa shape index (κ3) is 6.13. The maximum Gasteiger partial charge on any atom is 0.0648 e. The van der Waals surface area contributed by atoms with Crippen LogP contribution >= 0.6 is 0 Å². The van der Waals surface area contributed by atoms with E-state index in [0.717, 1.165) is 13.0 Å². The molecule has 92 valence electrons. The third-order valence-electron chi connectivity index (χ3n) is 3.13. The zero-order valence-corrected chi connectivity index (χ0v) is 11.1. The fourth-order valence-electron chi connectivity index (χ4n) is 1.14. The maximum absolute atomic E-state index is 8.86. The molecule has 0 aromatic rings. The molecule has 0 aliphatic rings. The highest BCUT2D eigenvalue weighted by Gasteiger charge is 2.23. The topological polar surface area (TPSA) is 32.7 Å². The van der Waals surface area contributed by atoms with Gasteiger partial charge in [0, 0.05) is 18.8 Å². The summed E-state index contributed by atoms with van der Waals surface area (Å²) in [6, 6.07) is 0. The second kappa shape index (κ2) is 5.83. The number of aliphatic hydroxyl groups excluding tert-OH is 1. The van der Waals surface area contributed by atoms with E-state index in [2.05, 4.69) is 32.8 Å². The predicted octanol–water partition coefficient (Wildman–Crippen LogP) is 1.89. The molecular weight excluding hydrogens is 190 g/mol. The quantitative estimate of drug-likeness (QED) is 0.707. The van der Waals surface area contributed by atoms with Crippen molar-refractivity contribution in [3.8, 4) is 0 Å². The molecular formula is C12H27NO2. The molecule has 0 atom stereocenters. The number of hydrogen-bond acceptors (Lipinski definition) is 3. The van der Waals surface area contributed by atoms with Crippen LogP contribution in [0.25, 0.3) is 0 Å². The lowest BCUT2D eigenvalue weighted by molar-refractivity contribution is -0.0447. The summed E-state index contributed by atoms with van der Waals surface area (Å²) in [6.45, 7) is 9.37. The molecule has 3 nitrogen and oxygen atoms in total. The van der Waals surface area contributed by atoms with Crippen LogP contribution in [0.2, 0.25) is 0 Å². The molecule has 0 unspecified atom stereocenters. The third-order valence-corrected chi connectivity index (χ3v) is 3.13. The summed E-state index contributed by atoms with van der Waals surface area (Å²) in [5.74, 6) is 0. The second-order valence-corrected chi connectivity index (χ2v) is 5.54. The first kappa shape index (κ1) is 14.9. The molecule has 0 rings (SSSR count). The zero-order chi connectivity index (χ0) is 12.1. The highest BCUT2D eigenvalue weighted by molar-refractivity contribution is 4.77. The Bertz CT molecular complexity index is 176. The molecule has 15 heavy (non-hydrogen) atoms. The number of nitrogens with zero attached hydrogens (tertiary/aromatic N) is 1. The lowest BCUT2D eigenvalue weighted by atomic mass is 9.99. The molecule has 0 aliphatic carbocycles. The molecule has 3 heteroatoms. The van der Waals surface area contributed by atoms with E-state index in [0.29, 0.717) is 6.42 Å². The number of aliphatic hydroxyl groups is 1. The van der Waals surface area contributed by atoms with Crippen molar-refractivity contribution in [1.82, 2.24) is 4.90 Å². The Balaban J connectivity index is 3.88. The van der Waals surface area contributed by atoms with Gasteiger partial charge in [-0.2, -0.15) is 0 Å². The monoisotopic (exact) mass is 217 g/mol. The van der Waals surface area contributed by atoms with E-state index in [1.807, 2.05) is 13.8 Å². The lowest BCUT2D eigenvalue weighted by Gasteiger charge is -2.34. The van der Waals surface area contributed by atoms with Gasteiger partial charge in [0.2, 0.25) is 0 Å². The van der Waals surface area contributed by atoms with Crippen LogP contribution in [0.5, 0.6) is 0 Å². The van der Waals surface area contributed by atoms with Crippen molar-refractivity contribution >= 4 is 0 Å². The zero-order valence-electron chi connectivity index (χ0n) is 11.1. The summed E-state index contributed by atoms with van der Waals surface area (Å²) in [4.78, 5) is 2.20. The van der Waals surface area contributed by atoms with Crippen LogP contribution in [0.3, 0.4) is 0 Å².